The van der Waals surface area contributed by atoms with Crippen LogP contribution < -0.4 is 0 Å². The van der Waals surface area contributed by atoms with Crippen molar-refractivity contribution in [3.63, 3.8) is 0 Å². The summed E-state index contributed by atoms with van der Waals surface area (Å²) >= 11 is 0. The Balaban J connectivity index is 2.84. The van der Waals surface area contributed by atoms with Gasteiger partial charge in [-0.2, -0.15) is 0 Å². The molecular formula is C15H22N2O3. The molecule has 5 heteroatoms. The summed E-state index contributed by atoms with van der Waals surface area (Å²) in [6.45, 7) is 2.56. The zero-order chi connectivity index (χ0) is 15.3. The molecule has 5 nitrogen and oxygen atoms in total. The van der Waals surface area contributed by atoms with E-state index in [0.717, 1.165) is 12.1 Å². The maximum absolute atomic E-state index is 12.2. The minimum atomic E-state index is -0.979. The molecule has 0 aliphatic rings. The first-order valence-corrected chi connectivity index (χ1v) is 6.60. The van der Waals surface area contributed by atoms with Crippen LogP contribution in [0.15, 0.2) is 24.3 Å². The third-order valence-electron chi connectivity index (χ3n) is 3.16. The number of nitrogens with zero attached hydrogens (tertiary/aromatic N) is 2. The van der Waals surface area contributed by atoms with Gasteiger partial charge in [0.25, 0.3) is 5.91 Å². The Morgan fingerprint density at radius 1 is 1.15 bits per heavy atom. The van der Waals surface area contributed by atoms with E-state index in [9.17, 15) is 9.59 Å². The van der Waals surface area contributed by atoms with Gasteiger partial charge in [-0.3, -0.25) is 4.79 Å². The molecular weight excluding hydrogens is 256 g/mol. The molecule has 1 amide bonds. The Labute approximate surface area is 119 Å². The summed E-state index contributed by atoms with van der Waals surface area (Å²) in [5.41, 5.74) is 1.62. The van der Waals surface area contributed by atoms with E-state index in [2.05, 4.69) is 0 Å². The number of carbonyl (C=O) groups excluding carboxylic acids is 1. The molecule has 0 fully saturated rings. The van der Waals surface area contributed by atoms with Crippen LogP contribution in [0.4, 0.5) is 0 Å². The number of hydrogen-bond donors (Lipinski definition) is 1. The number of benzene rings is 1. The molecule has 0 aliphatic heterocycles. The van der Waals surface area contributed by atoms with Crippen LogP contribution in [0.2, 0.25) is 0 Å². The van der Waals surface area contributed by atoms with E-state index in [-0.39, 0.29) is 5.91 Å². The van der Waals surface area contributed by atoms with Gasteiger partial charge in [-0.15, -0.1) is 0 Å². The van der Waals surface area contributed by atoms with Crippen molar-refractivity contribution >= 4 is 11.9 Å². The molecule has 1 aromatic carbocycles. The van der Waals surface area contributed by atoms with Gasteiger partial charge < -0.3 is 14.9 Å². The lowest BCUT2D eigenvalue weighted by Crippen LogP contribution is -2.41. The van der Waals surface area contributed by atoms with E-state index < -0.39 is 12.0 Å². The average Bonchev–Trinajstić information content (AvgIpc) is 2.38. The lowest BCUT2D eigenvalue weighted by molar-refractivity contribution is -0.142. The molecule has 1 rings (SSSR count). The van der Waals surface area contributed by atoms with Crippen molar-refractivity contribution in [2.45, 2.75) is 25.9 Å². The Morgan fingerprint density at radius 2 is 1.70 bits per heavy atom. The number of carboxylic acid groups (broad SMARTS) is 1. The summed E-state index contributed by atoms with van der Waals surface area (Å²) in [5.74, 6) is -1.25. The minimum absolute atomic E-state index is 0.268. The summed E-state index contributed by atoms with van der Waals surface area (Å²) in [6, 6.07) is 6.48. The number of amides is 1. The summed E-state index contributed by atoms with van der Waals surface area (Å²) in [6.07, 6.45) is 0.385. The first kappa shape index (κ1) is 16.2. The Morgan fingerprint density at radius 3 is 2.10 bits per heavy atom. The van der Waals surface area contributed by atoms with Crippen molar-refractivity contribution in [3.8, 4) is 0 Å². The smallest absolute Gasteiger partial charge is 0.326 e. The maximum Gasteiger partial charge on any atom is 0.326 e. The van der Waals surface area contributed by atoms with Crippen molar-refractivity contribution in [3.05, 3.63) is 35.4 Å². The van der Waals surface area contributed by atoms with Crippen molar-refractivity contribution in [2.75, 3.05) is 21.1 Å². The fourth-order valence-corrected chi connectivity index (χ4v) is 2.08. The van der Waals surface area contributed by atoms with E-state index in [1.165, 1.54) is 11.9 Å². The molecule has 0 spiro atoms. The highest BCUT2D eigenvalue weighted by atomic mass is 16.4. The molecule has 0 saturated carbocycles. The maximum atomic E-state index is 12.2. The summed E-state index contributed by atoms with van der Waals surface area (Å²) in [7, 11) is 5.48. The molecule has 0 aromatic heterocycles. The highest BCUT2D eigenvalue weighted by molar-refractivity contribution is 5.96. The van der Waals surface area contributed by atoms with Crippen molar-refractivity contribution in [2.24, 2.45) is 0 Å². The van der Waals surface area contributed by atoms with Gasteiger partial charge in [0.15, 0.2) is 0 Å². The quantitative estimate of drug-likeness (QED) is 0.860. The normalized spacial score (nSPS) is 12.2. The molecule has 0 aliphatic carbocycles. The van der Waals surface area contributed by atoms with Crippen molar-refractivity contribution in [1.82, 2.24) is 9.80 Å². The van der Waals surface area contributed by atoms with Crippen LogP contribution in [0.3, 0.4) is 0 Å². The lowest BCUT2D eigenvalue weighted by atomic mass is 10.1. The number of likely N-dealkylation sites (N-methyl/N-ethyl adjacent to an activating group) is 1. The summed E-state index contributed by atoms with van der Waals surface area (Å²) in [4.78, 5) is 26.6. The molecule has 0 radical (unpaired) electrons. The standard InChI is InChI=1S/C15H22N2O3/c1-5-13(15(19)20)17(4)14(18)12-8-6-11(7-9-12)10-16(2)3/h6-9,13H,5,10H2,1-4H3,(H,19,20). The van der Waals surface area contributed by atoms with E-state index in [4.69, 9.17) is 5.11 Å². The Hall–Kier alpha value is -1.88. The lowest BCUT2D eigenvalue weighted by Gasteiger charge is -2.23. The monoisotopic (exact) mass is 278 g/mol. The third-order valence-corrected chi connectivity index (χ3v) is 3.16. The number of carboxylic acids is 1. The SMILES string of the molecule is CCC(C(=O)O)N(C)C(=O)c1ccc(CN(C)C)cc1. The average molecular weight is 278 g/mol. The van der Waals surface area contributed by atoms with Crippen LogP contribution in [0.25, 0.3) is 0 Å². The Kier molecular flexibility index (Phi) is 5.70. The molecule has 1 unspecified atom stereocenters. The highest BCUT2D eigenvalue weighted by Gasteiger charge is 2.25. The molecule has 1 N–H and O–H groups in total. The van der Waals surface area contributed by atoms with Crippen molar-refractivity contribution < 1.29 is 14.7 Å². The molecule has 110 valence electrons. The molecule has 1 aromatic rings. The number of carbonyl (C=O) groups is 2. The van der Waals surface area contributed by atoms with Gasteiger partial charge in [0, 0.05) is 19.2 Å². The van der Waals surface area contributed by atoms with E-state index in [1.807, 2.05) is 31.1 Å². The van der Waals surface area contributed by atoms with Gasteiger partial charge >= 0.3 is 5.97 Å². The van der Waals surface area contributed by atoms with Crippen LogP contribution in [0, 0.1) is 0 Å². The fraction of sp³-hybridized carbons (Fsp3) is 0.467. The van der Waals surface area contributed by atoms with Gasteiger partial charge in [-0.25, -0.2) is 4.79 Å². The van der Waals surface area contributed by atoms with E-state index >= 15 is 0 Å². The number of hydrogen-bond acceptors (Lipinski definition) is 3. The minimum Gasteiger partial charge on any atom is -0.480 e. The van der Waals surface area contributed by atoms with Crippen LogP contribution in [0.5, 0.6) is 0 Å². The molecule has 20 heavy (non-hydrogen) atoms. The second-order valence-corrected chi connectivity index (χ2v) is 5.11. The highest BCUT2D eigenvalue weighted by Crippen LogP contribution is 2.11. The predicted molar refractivity (Wildman–Crippen MR) is 77.6 cm³/mol. The van der Waals surface area contributed by atoms with Crippen molar-refractivity contribution in [1.29, 1.82) is 0 Å². The molecule has 0 saturated heterocycles. The van der Waals surface area contributed by atoms with Gasteiger partial charge in [0.05, 0.1) is 0 Å². The summed E-state index contributed by atoms with van der Waals surface area (Å²) < 4.78 is 0. The van der Waals surface area contributed by atoms with Crippen LogP contribution in [-0.4, -0.2) is 54.0 Å². The summed E-state index contributed by atoms with van der Waals surface area (Å²) in [5, 5.41) is 9.08. The molecule has 0 bridgehead atoms. The zero-order valence-corrected chi connectivity index (χ0v) is 12.5. The predicted octanol–water partition coefficient (Wildman–Crippen LogP) is 1.68. The third kappa shape index (κ3) is 4.06. The first-order chi connectivity index (χ1) is 9.36. The molecule has 0 heterocycles. The molecule has 1 atom stereocenters. The largest absolute Gasteiger partial charge is 0.480 e. The van der Waals surface area contributed by atoms with E-state index in [1.54, 1.807) is 19.1 Å². The van der Waals surface area contributed by atoms with Crippen LogP contribution in [0.1, 0.15) is 29.3 Å². The first-order valence-electron chi connectivity index (χ1n) is 6.60. The second-order valence-electron chi connectivity index (χ2n) is 5.11. The zero-order valence-electron chi connectivity index (χ0n) is 12.5. The second kappa shape index (κ2) is 7.05. The van der Waals surface area contributed by atoms with E-state index in [0.29, 0.717) is 12.0 Å². The van der Waals surface area contributed by atoms with Gasteiger partial charge in [0.1, 0.15) is 6.04 Å². The van der Waals surface area contributed by atoms with Crippen LogP contribution >= 0.6 is 0 Å². The number of aliphatic carboxylic acids is 1. The van der Waals surface area contributed by atoms with Gasteiger partial charge in [-0.05, 0) is 38.2 Å². The van der Waals surface area contributed by atoms with Gasteiger partial charge in [0.2, 0.25) is 0 Å². The Bertz CT molecular complexity index is 469. The van der Waals surface area contributed by atoms with Crippen LogP contribution in [-0.2, 0) is 11.3 Å². The van der Waals surface area contributed by atoms with Gasteiger partial charge in [-0.1, -0.05) is 19.1 Å². The fourth-order valence-electron chi connectivity index (χ4n) is 2.08. The number of rotatable bonds is 6. The topological polar surface area (TPSA) is 60.9 Å².